The minimum atomic E-state index is -3.48. The highest BCUT2D eigenvalue weighted by molar-refractivity contribution is 9.09. The number of rotatable bonds is 3. The summed E-state index contributed by atoms with van der Waals surface area (Å²) in [6, 6.07) is 6.22. The lowest BCUT2D eigenvalue weighted by Gasteiger charge is -2.35. The van der Waals surface area contributed by atoms with Crippen molar-refractivity contribution in [2.75, 3.05) is 18.4 Å². The molecule has 2 atom stereocenters. The smallest absolute Gasteiger partial charge is 0.243 e. The molecule has 1 heterocycles. The van der Waals surface area contributed by atoms with E-state index >= 15 is 0 Å². The number of alkyl halides is 1. The normalized spacial score (nSPS) is 25.4. The fourth-order valence-electron chi connectivity index (χ4n) is 2.04. The monoisotopic (exact) mass is 367 g/mol. The molecular formula is C12H15BrClNO3S. The number of nitrogens with zero attached hydrogens (tertiary/aromatic N) is 1. The van der Waals surface area contributed by atoms with Crippen molar-refractivity contribution in [3.8, 4) is 0 Å². The second-order valence-corrected chi connectivity index (χ2v) is 7.52. The summed E-state index contributed by atoms with van der Waals surface area (Å²) < 4.78 is 32.1. The van der Waals surface area contributed by atoms with Crippen molar-refractivity contribution in [2.24, 2.45) is 0 Å². The second kappa shape index (κ2) is 6.10. The molecule has 0 aliphatic carbocycles. The van der Waals surface area contributed by atoms with Gasteiger partial charge < -0.3 is 4.74 Å². The minimum Gasteiger partial charge on any atom is -0.372 e. The maximum atomic E-state index is 12.5. The molecular weight excluding hydrogens is 354 g/mol. The Balaban J connectivity index is 2.26. The van der Waals surface area contributed by atoms with Crippen molar-refractivity contribution in [1.82, 2.24) is 4.31 Å². The van der Waals surface area contributed by atoms with Crippen LogP contribution in [-0.4, -0.2) is 43.4 Å². The Labute approximate surface area is 126 Å². The number of ether oxygens (including phenoxy) is 1. The number of morpholine rings is 1. The molecule has 0 radical (unpaired) electrons. The highest BCUT2D eigenvalue weighted by Gasteiger charge is 2.33. The molecule has 1 saturated heterocycles. The first-order chi connectivity index (χ1) is 8.93. The molecule has 0 spiro atoms. The van der Waals surface area contributed by atoms with Gasteiger partial charge in [-0.3, -0.25) is 0 Å². The van der Waals surface area contributed by atoms with Gasteiger partial charge in [0.2, 0.25) is 10.0 Å². The quantitative estimate of drug-likeness (QED) is 0.770. The van der Waals surface area contributed by atoms with Crippen LogP contribution in [0.4, 0.5) is 0 Å². The molecule has 0 N–H and O–H groups in total. The Morgan fingerprint density at radius 1 is 1.37 bits per heavy atom. The van der Waals surface area contributed by atoms with E-state index in [1.807, 2.05) is 6.92 Å². The highest BCUT2D eigenvalue weighted by Crippen LogP contribution is 2.23. The molecule has 0 aromatic heterocycles. The molecule has 1 aromatic rings. The van der Waals surface area contributed by atoms with Crippen LogP contribution in [0.1, 0.15) is 6.92 Å². The minimum absolute atomic E-state index is 0.113. The van der Waals surface area contributed by atoms with Crippen LogP contribution in [0.25, 0.3) is 0 Å². The molecule has 2 rings (SSSR count). The fraction of sp³-hybridized carbons (Fsp3) is 0.500. The van der Waals surface area contributed by atoms with Crippen LogP contribution in [0.2, 0.25) is 5.02 Å². The van der Waals surface area contributed by atoms with Crippen molar-refractivity contribution in [1.29, 1.82) is 0 Å². The molecule has 1 aromatic carbocycles. The third-order valence-electron chi connectivity index (χ3n) is 2.92. The molecule has 4 nitrogen and oxygen atoms in total. The van der Waals surface area contributed by atoms with Gasteiger partial charge in [0.1, 0.15) is 0 Å². The van der Waals surface area contributed by atoms with Gasteiger partial charge in [0.25, 0.3) is 0 Å². The van der Waals surface area contributed by atoms with Crippen LogP contribution >= 0.6 is 27.5 Å². The van der Waals surface area contributed by atoms with Crippen molar-refractivity contribution in [3.05, 3.63) is 29.3 Å². The summed E-state index contributed by atoms with van der Waals surface area (Å²) in [7, 11) is -3.48. The topological polar surface area (TPSA) is 46.6 Å². The van der Waals surface area contributed by atoms with Crippen LogP contribution in [0.15, 0.2) is 29.2 Å². The molecule has 1 aliphatic rings. The second-order valence-electron chi connectivity index (χ2n) is 4.50. The number of hydrogen-bond acceptors (Lipinski definition) is 3. The van der Waals surface area contributed by atoms with Gasteiger partial charge in [0.05, 0.1) is 17.1 Å². The fourth-order valence-corrected chi connectivity index (χ4v) is 4.07. The predicted molar refractivity (Wildman–Crippen MR) is 78.3 cm³/mol. The third kappa shape index (κ3) is 3.49. The van der Waals surface area contributed by atoms with E-state index in [2.05, 4.69) is 15.9 Å². The van der Waals surface area contributed by atoms with E-state index in [0.717, 1.165) is 0 Å². The zero-order valence-corrected chi connectivity index (χ0v) is 13.6. The summed E-state index contributed by atoms with van der Waals surface area (Å²) in [5.74, 6) is 0. The van der Waals surface area contributed by atoms with E-state index in [1.54, 1.807) is 12.1 Å². The Morgan fingerprint density at radius 2 is 2.00 bits per heavy atom. The Morgan fingerprint density at radius 3 is 2.58 bits per heavy atom. The lowest BCUT2D eigenvalue weighted by Crippen LogP contribution is -2.49. The molecule has 1 aliphatic heterocycles. The molecule has 106 valence electrons. The van der Waals surface area contributed by atoms with Crippen LogP contribution in [0.5, 0.6) is 0 Å². The van der Waals surface area contributed by atoms with E-state index < -0.39 is 10.0 Å². The van der Waals surface area contributed by atoms with Gasteiger partial charge in [-0.05, 0) is 31.2 Å². The number of benzene rings is 1. The summed E-state index contributed by atoms with van der Waals surface area (Å²) >= 11 is 9.12. The number of hydrogen-bond donors (Lipinski definition) is 0. The first-order valence-corrected chi connectivity index (χ1v) is 8.84. The summed E-state index contributed by atoms with van der Waals surface area (Å²) in [6.45, 7) is 2.61. The van der Waals surface area contributed by atoms with E-state index in [0.29, 0.717) is 23.4 Å². The SMILES string of the molecule is CC1CN(S(=O)(=O)c2ccc(Cl)cc2)CC(CBr)O1. The van der Waals surface area contributed by atoms with Gasteiger partial charge in [-0.2, -0.15) is 4.31 Å². The van der Waals surface area contributed by atoms with Crippen LogP contribution in [0.3, 0.4) is 0 Å². The Kier molecular flexibility index (Phi) is 4.89. The summed E-state index contributed by atoms with van der Waals surface area (Å²) in [6.07, 6.45) is -0.232. The molecule has 2 unspecified atom stereocenters. The van der Waals surface area contributed by atoms with Crippen LogP contribution in [-0.2, 0) is 14.8 Å². The van der Waals surface area contributed by atoms with E-state index in [1.165, 1.54) is 16.4 Å². The number of halogens is 2. The van der Waals surface area contributed by atoms with E-state index in [4.69, 9.17) is 16.3 Å². The predicted octanol–water partition coefficient (Wildman–Crippen LogP) is 2.51. The average molecular weight is 369 g/mol. The van der Waals surface area contributed by atoms with Crippen LogP contribution < -0.4 is 0 Å². The van der Waals surface area contributed by atoms with Gasteiger partial charge in [0.15, 0.2) is 0 Å². The van der Waals surface area contributed by atoms with Crippen molar-refractivity contribution >= 4 is 37.6 Å². The zero-order chi connectivity index (χ0) is 14.0. The van der Waals surface area contributed by atoms with Crippen molar-refractivity contribution in [3.63, 3.8) is 0 Å². The molecule has 0 saturated carbocycles. The highest BCUT2D eigenvalue weighted by atomic mass is 79.9. The van der Waals surface area contributed by atoms with E-state index in [9.17, 15) is 8.42 Å². The molecule has 19 heavy (non-hydrogen) atoms. The summed E-state index contributed by atoms with van der Waals surface area (Å²) in [4.78, 5) is 0.263. The maximum Gasteiger partial charge on any atom is 0.243 e. The summed E-state index contributed by atoms with van der Waals surface area (Å²) in [5, 5.41) is 1.14. The third-order valence-corrected chi connectivity index (χ3v) is 5.74. The average Bonchev–Trinajstić information content (AvgIpc) is 2.38. The number of sulfonamides is 1. The van der Waals surface area contributed by atoms with E-state index in [-0.39, 0.29) is 17.1 Å². The van der Waals surface area contributed by atoms with Gasteiger partial charge in [-0.15, -0.1) is 0 Å². The van der Waals surface area contributed by atoms with Crippen molar-refractivity contribution in [2.45, 2.75) is 24.0 Å². The molecule has 7 heteroatoms. The van der Waals surface area contributed by atoms with Crippen LogP contribution in [0, 0.1) is 0 Å². The lowest BCUT2D eigenvalue weighted by molar-refractivity contribution is -0.0411. The van der Waals surface area contributed by atoms with Gasteiger partial charge in [-0.25, -0.2) is 8.42 Å². The molecule has 0 bridgehead atoms. The Bertz CT molecular complexity index is 534. The largest absolute Gasteiger partial charge is 0.372 e. The zero-order valence-electron chi connectivity index (χ0n) is 10.4. The van der Waals surface area contributed by atoms with Gasteiger partial charge in [-0.1, -0.05) is 27.5 Å². The molecule has 1 fully saturated rings. The van der Waals surface area contributed by atoms with Gasteiger partial charge >= 0.3 is 0 Å². The van der Waals surface area contributed by atoms with Gasteiger partial charge in [0, 0.05) is 23.4 Å². The first kappa shape index (κ1) is 15.3. The first-order valence-electron chi connectivity index (χ1n) is 5.90. The standard InChI is InChI=1S/C12H15BrClNO3S/c1-9-7-15(8-11(6-13)18-9)19(16,17)12-4-2-10(14)3-5-12/h2-5,9,11H,6-8H2,1H3. The molecule has 0 amide bonds. The summed E-state index contributed by atoms with van der Waals surface area (Å²) in [5.41, 5.74) is 0. The van der Waals surface area contributed by atoms with Crippen molar-refractivity contribution < 1.29 is 13.2 Å². The Hall–Kier alpha value is -0.140. The lowest BCUT2D eigenvalue weighted by atomic mass is 10.3. The maximum absolute atomic E-state index is 12.5.